The van der Waals surface area contributed by atoms with Crippen LogP contribution in [-0.4, -0.2) is 17.3 Å². The molecule has 0 aliphatic rings. The summed E-state index contributed by atoms with van der Waals surface area (Å²) in [4.78, 5) is 16.2. The molecule has 0 aromatic carbocycles. The van der Waals surface area contributed by atoms with Gasteiger partial charge in [-0.3, -0.25) is 4.79 Å². The van der Waals surface area contributed by atoms with E-state index in [0.29, 0.717) is 24.6 Å². The van der Waals surface area contributed by atoms with Crippen molar-refractivity contribution in [3.63, 3.8) is 0 Å². The Morgan fingerprint density at radius 2 is 2.38 bits per heavy atom. The fourth-order valence-corrected chi connectivity index (χ4v) is 2.51. The first-order valence-electron chi connectivity index (χ1n) is 5.85. The fraction of sp³-hybridized carbons (Fsp3) is 0.667. The van der Waals surface area contributed by atoms with Crippen molar-refractivity contribution in [3.8, 4) is 0 Å². The number of ketones is 1. The quantitative estimate of drug-likeness (QED) is 0.745. The molecule has 1 atom stereocenters. The maximum Gasteiger partial charge on any atom is 0.182 e. The van der Waals surface area contributed by atoms with Crippen LogP contribution in [-0.2, 0) is 6.42 Å². The molecule has 1 rings (SSSR count). The van der Waals surface area contributed by atoms with Crippen molar-refractivity contribution in [1.29, 1.82) is 0 Å². The summed E-state index contributed by atoms with van der Waals surface area (Å²) in [7, 11) is 0. The molecule has 1 aromatic rings. The lowest BCUT2D eigenvalue weighted by molar-refractivity contribution is 0.0958. The second-order valence-corrected chi connectivity index (χ2v) is 5.13. The molecule has 1 heterocycles. The standard InChI is InChI=1S/C12H20N2OS/c1-3-4-9(2)7-11(15)10-8-16-12(14-10)5-6-13/h8-9H,3-7,13H2,1-2H3. The van der Waals surface area contributed by atoms with E-state index < -0.39 is 0 Å². The molecule has 1 aromatic heterocycles. The summed E-state index contributed by atoms with van der Waals surface area (Å²) in [5.41, 5.74) is 6.07. The van der Waals surface area contributed by atoms with Gasteiger partial charge in [0.05, 0.1) is 5.01 Å². The van der Waals surface area contributed by atoms with Gasteiger partial charge in [0, 0.05) is 18.2 Å². The molecule has 0 radical (unpaired) electrons. The number of rotatable bonds is 7. The number of carbonyl (C=O) groups excluding carboxylic acids is 1. The predicted molar refractivity (Wildman–Crippen MR) is 67.9 cm³/mol. The van der Waals surface area contributed by atoms with Crippen LogP contribution in [0, 0.1) is 5.92 Å². The third-order valence-corrected chi connectivity index (χ3v) is 3.42. The zero-order valence-electron chi connectivity index (χ0n) is 10.0. The monoisotopic (exact) mass is 240 g/mol. The number of Topliss-reactive ketones (excluding diaryl/α,β-unsaturated/α-hetero) is 1. The summed E-state index contributed by atoms with van der Waals surface area (Å²) in [5, 5.41) is 2.82. The van der Waals surface area contributed by atoms with E-state index in [1.165, 1.54) is 11.3 Å². The number of carbonyl (C=O) groups is 1. The van der Waals surface area contributed by atoms with Gasteiger partial charge in [-0.15, -0.1) is 11.3 Å². The summed E-state index contributed by atoms with van der Waals surface area (Å²) < 4.78 is 0. The average molecular weight is 240 g/mol. The molecular weight excluding hydrogens is 220 g/mol. The maximum absolute atomic E-state index is 11.9. The zero-order chi connectivity index (χ0) is 12.0. The zero-order valence-corrected chi connectivity index (χ0v) is 10.8. The SMILES string of the molecule is CCCC(C)CC(=O)c1csc(CCN)n1. The highest BCUT2D eigenvalue weighted by molar-refractivity contribution is 7.09. The molecule has 2 N–H and O–H groups in total. The van der Waals surface area contributed by atoms with Crippen LogP contribution in [0.1, 0.15) is 48.6 Å². The highest BCUT2D eigenvalue weighted by Gasteiger charge is 2.13. The van der Waals surface area contributed by atoms with Crippen LogP contribution < -0.4 is 5.73 Å². The molecule has 0 fully saturated rings. The van der Waals surface area contributed by atoms with E-state index in [1.54, 1.807) is 0 Å². The minimum absolute atomic E-state index is 0.167. The van der Waals surface area contributed by atoms with Crippen LogP contribution in [0.15, 0.2) is 5.38 Å². The van der Waals surface area contributed by atoms with Crippen LogP contribution in [0.2, 0.25) is 0 Å². The van der Waals surface area contributed by atoms with E-state index in [4.69, 9.17) is 5.73 Å². The molecule has 0 spiro atoms. The number of hydrogen-bond donors (Lipinski definition) is 1. The average Bonchev–Trinajstić information content (AvgIpc) is 2.67. The largest absolute Gasteiger partial charge is 0.330 e. The van der Waals surface area contributed by atoms with Gasteiger partial charge in [-0.2, -0.15) is 0 Å². The van der Waals surface area contributed by atoms with Crippen molar-refractivity contribution in [3.05, 3.63) is 16.1 Å². The van der Waals surface area contributed by atoms with Gasteiger partial charge in [-0.05, 0) is 12.5 Å². The first-order valence-corrected chi connectivity index (χ1v) is 6.73. The topological polar surface area (TPSA) is 56.0 Å². The minimum atomic E-state index is 0.167. The van der Waals surface area contributed by atoms with Crippen LogP contribution in [0.4, 0.5) is 0 Å². The van der Waals surface area contributed by atoms with E-state index >= 15 is 0 Å². The van der Waals surface area contributed by atoms with Crippen LogP contribution in [0.25, 0.3) is 0 Å². The second-order valence-electron chi connectivity index (χ2n) is 4.19. The highest BCUT2D eigenvalue weighted by Crippen LogP contribution is 2.16. The minimum Gasteiger partial charge on any atom is -0.330 e. The molecule has 3 nitrogen and oxygen atoms in total. The Balaban J connectivity index is 2.52. The van der Waals surface area contributed by atoms with Gasteiger partial charge >= 0.3 is 0 Å². The Kier molecular flexibility index (Phi) is 5.63. The predicted octanol–water partition coefficient (Wildman–Crippen LogP) is 2.65. The normalized spacial score (nSPS) is 12.7. The number of nitrogens with zero attached hydrogens (tertiary/aromatic N) is 1. The Bertz CT molecular complexity index is 336. The van der Waals surface area contributed by atoms with Crippen LogP contribution in [0.5, 0.6) is 0 Å². The Morgan fingerprint density at radius 1 is 1.62 bits per heavy atom. The fourth-order valence-electron chi connectivity index (χ4n) is 1.69. The molecule has 0 bridgehead atoms. The summed E-state index contributed by atoms with van der Waals surface area (Å²) in [6.07, 6.45) is 3.61. The Morgan fingerprint density at radius 3 is 3.00 bits per heavy atom. The number of nitrogens with two attached hydrogens (primary N) is 1. The van der Waals surface area contributed by atoms with Crippen LogP contribution >= 0.6 is 11.3 Å². The van der Waals surface area contributed by atoms with Gasteiger partial charge in [0.15, 0.2) is 5.78 Å². The summed E-state index contributed by atoms with van der Waals surface area (Å²) in [6, 6.07) is 0. The molecule has 0 aliphatic heterocycles. The molecule has 0 amide bonds. The van der Waals surface area contributed by atoms with Gasteiger partial charge in [-0.1, -0.05) is 26.7 Å². The highest BCUT2D eigenvalue weighted by atomic mass is 32.1. The van der Waals surface area contributed by atoms with Crippen molar-refractivity contribution in [1.82, 2.24) is 4.98 Å². The lowest BCUT2D eigenvalue weighted by Gasteiger charge is -2.06. The van der Waals surface area contributed by atoms with Crippen molar-refractivity contribution in [2.75, 3.05) is 6.54 Å². The van der Waals surface area contributed by atoms with E-state index in [2.05, 4.69) is 18.8 Å². The van der Waals surface area contributed by atoms with Crippen molar-refractivity contribution >= 4 is 17.1 Å². The third kappa shape index (κ3) is 4.02. The van der Waals surface area contributed by atoms with E-state index in [9.17, 15) is 4.79 Å². The summed E-state index contributed by atoms with van der Waals surface area (Å²) in [6.45, 7) is 4.85. The molecule has 90 valence electrons. The summed E-state index contributed by atoms with van der Waals surface area (Å²) >= 11 is 1.53. The lowest BCUT2D eigenvalue weighted by Crippen LogP contribution is -2.07. The number of aromatic nitrogens is 1. The smallest absolute Gasteiger partial charge is 0.182 e. The Labute approximate surface area is 101 Å². The molecule has 16 heavy (non-hydrogen) atoms. The van der Waals surface area contributed by atoms with Gasteiger partial charge < -0.3 is 5.73 Å². The van der Waals surface area contributed by atoms with E-state index in [-0.39, 0.29) is 5.78 Å². The van der Waals surface area contributed by atoms with Gasteiger partial charge in [0.2, 0.25) is 0 Å². The first-order chi connectivity index (χ1) is 7.67. The number of thiazole rings is 1. The molecule has 0 saturated carbocycles. The van der Waals surface area contributed by atoms with Gasteiger partial charge in [0.1, 0.15) is 5.69 Å². The first kappa shape index (κ1) is 13.3. The van der Waals surface area contributed by atoms with Crippen molar-refractivity contribution < 1.29 is 4.79 Å². The molecule has 4 heteroatoms. The third-order valence-electron chi connectivity index (χ3n) is 2.51. The lowest BCUT2D eigenvalue weighted by atomic mass is 9.99. The van der Waals surface area contributed by atoms with E-state index in [1.807, 2.05) is 5.38 Å². The second kappa shape index (κ2) is 6.76. The van der Waals surface area contributed by atoms with Crippen molar-refractivity contribution in [2.45, 2.75) is 39.5 Å². The van der Waals surface area contributed by atoms with E-state index in [0.717, 1.165) is 24.3 Å². The molecule has 0 aliphatic carbocycles. The molecular formula is C12H20N2OS. The van der Waals surface area contributed by atoms with Crippen LogP contribution in [0.3, 0.4) is 0 Å². The van der Waals surface area contributed by atoms with Crippen molar-refractivity contribution in [2.24, 2.45) is 11.7 Å². The summed E-state index contributed by atoms with van der Waals surface area (Å²) in [5.74, 6) is 0.623. The molecule has 0 saturated heterocycles. The van der Waals surface area contributed by atoms with Gasteiger partial charge in [-0.25, -0.2) is 4.98 Å². The molecule has 1 unspecified atom stereocenters. The van der Waals surface area contributed by atoms with Gasteiger partial charge in [0.25, 0.3) is 0 Å². The maximum atomic E-state index is 11.9. The Hall–Kier alpha value is -0.740. The number of hydrogen-bond acceptors (Lipinski definition) is 4.